The number of carbonyl (C=O) groups excluding carboxylic acids is 1. The normalized spacial score (nSPS) is 17.5. The van der Waals surface area contributed by atoms with Crippen molar-refractivity contribution in [1.82, 2.24) is 20.2 Å². The number of nitrogens with zero attached hydrogens (tertiary/aromatic N) is 4. The third kappa shape index (κ3) is 2.99. The van der Waals surface area contributed by atoms with Crippen molar-refractivity contribution in [3.63, 3.8) is 0 Å². The number of fused-ring (bicyclic) bond motifs is 1. The van der Waals surface area contributed by atoms with E-state index in [2.05, 4.69) is 15.5 Å². The van der Waals surface area contributed by atoms with E-state index in [1.165, 1.54) is 11.8 Å². The highest BCUT2D eigenvalue weighted by Gasteiger charge is 2.28. The molecule has 1 aliphatic carbocycles. The Morgan fingerprint density at radius 1 is 1.25 bits per heavy atom. The highest BCUT2D eigenvalue weighted by Crippen LogP contribution is 2.31. The molecule has 1 unspecified atom stereocenters. The van der Waals surface area contributed by atoms with E-state index in [1.54, 1.807) is 10.9 Å². The first-order chi connectivity index (χ1) is 11.8. The first kappa shape index (κ1) is 15.1. The molecular formula is C17H16N4O2S. The lowest BCUT2D eigenvalue weighted by Gasteiger charge is -2.12. The molecule has 122 valence electrons. The zero-order valence-corrected chi connectivity index (χ0v) is 13.8. The predicted octanol–water partition coefficient (Wildman–Crippen LogP) is 2.99. The molecule has 0 saturated carbocycles. The smallest absolute Gasteiger partial charge is 0.210 e. The maximum absolute atomic E-state index is 12.9. The minimum atomic E-state index is -0.157. The van der Waals surface area contributed by atoms with Crippen molar-refractivity contribution in [2.45, 2.75) is 36.2 Å². The molecule has 0 amide bonds. The van der Waals surface area contributed by atoms with Crippen LogP contribution in [0.4, 0.5) is 0 Å². The first-order valence-corrected chi connectivity index (χ1v) is 8.76. The molecule has 7 heteroatoms. The van der Waals surface area contributed by atoms with Crippen LogP contribution in [0.3, 0.4) is 0 Å². The fraction of sp³-hybridized carbons (Fsp3) is 0.294. The van der Waals surface area contributed by atoms with Crippen LogP contribution in [0.2, 0.25) is 0 Å². The Morgan fingerprint density at radius 2 is 2.17 bits per heavy atom. The molecule has 2 heterocycles. The maximum Gasteiger partial charge on any atom is 0.210 e. The Bertz CT molecular complexity index is 844. The zero-order chi connectivity index (χ0) is 16.4. The third-order valence-corrected chi connectivity index (χ3v) is 5.36. The van der Waals surface area contributed by atoms with Gasteiger partial charge in [-0.15, -0.1) is 5.10 Å². The van der Waals surface area contributed by atoms with Crippen molar-refractivity contribution in [3.8, 4) is 0 Å². The van der Waals surface area contributed by atoms with Crippen LogP contribution in [0.15, 0.2) is 52.2 Å². The molecule has 0 radical (unpaired) electrons. The van der Waals surface area contributed by atoms with E-state index in [-0.39, 0.29) is 11.0 Å². The average Bonchev–Trinajstić information content (AvgIpc) is 3.23. The lowest BCUT2D eigenvalue weighted by Crippen LogP contribution is -2.17. The van der Waals surface area contributed by atoms with Gasteiger partial charge in [0, 0.05) is 5.56 Å². The van der Waals surface area contributed by atoms with Crippen LogP contribution in [0.5, 0.6) is 0 Å². The van der Waals surface area contributed by atoms with Gasteiger partial charge in [0.25, 0.3) is 0 Å². The van der Waals surface area contributed by atoms with Gasteiger partial charge < -0.3 is 4.42 Å². The van der Waals surface area contributed by atoms with Gasteiger partial charge in [-0.3, -0.25) is 4.79 Å². The molecule has 1 aliphatic rings. The second-order valence-electron chi connectivity index (χ2n) is 5.72. The van der Waals surface area contributed by atoms with Crippen LogP contribution < -0.4 is 0 Å². The summed E-state index contributed by atoms with van der Waals surface area (Å²) >= 11 is 1.44. The van der Waals surface area contributed by atoms with Gasteiger partial charge in [0.1, 0.15) is 12.3 Å². The molecule has 2 aromatic heterocycles. The van der Waals surface area contributed by atoms with Gasteiger partial charge in [-0.25, -0.2) is 4.68 Å². The molecule has 3 aromatic rings. The van der Waals surface area contributed by atoms with Gasteiger partial charge >= 0.3 is 0 Å². The van der Waals surface area contributed by atoms with Crippen LogP contribution >= 0.6 is 11.8 Å². The molecule has 24 heavy (non-hydrogen) atoms. The minimum absolute atomic E-state index is 0.157. The summed E-state index contributed by atoms with van der Waals surface area (Å²) in [5.41, 5.74) is 1.97. The van der Waals surface area contributed by atoms with E-state index >= 15 is 0 Å². The van der Waals surface area contributed by atoms with E-state index in [0.717, 1.165) is 36.1 Å². The van der Waals surface area contributed by atoms with E-state index in [1.807, 2.05) is 36.4 Å². The Kier molecular flexibility index (Phi) is 4.17. The molecule has 4 rings (SSSR count). The standard InChI is InChI=1S/C17H16N4O2S/c22-16-14-8-2-1-5-12(14)6-3-9-15(16)24-17-18-19-20-21(17)11-13-7-4-10-23-13/h1-2,4-5,7-8,10,15H,3,6,9,11H2. The van der Waals surface area contributed by atoms with E-state index in [9.17, 15) is 4.79 Å². The summed E-state index contributed by atoms with van der Waals surface area (Å²) in [6, 6.07) is 11.6. The summed E-state index contributed by atoms with van der Waals surface area (Å²) in [4.78, 5) is 12.9. The van der Waals surface area contributed by atoms with Gasteiger partial charge in [-0.1, -0.05) is 36.0 Å². The quantitative estimate of drug-likeness (QED) is 0.680. The number of hydrogen-bond acceptors (Lipinski definition) is 6. The first-order valence-electron chi connectivity index (χ1n) is 7.88. The number of ketones is 1. The van der Waals surface area contributed by atoms with Gasteiger partial charge in [-0.05, 0) is 47.4 Å². The molecular weight excluding hydrogens is 324 g/mol. The SMILES string of the molecule is O=C1c2ccccc2CCCC1Sc1nnnn1Cc1ccco1. The molecule has 0 fully saturated rings. The van der Waals surface area contributed by atoms with Crippen LogP contribution in [0.1, 0.15) is 34.5 Å². The van der Waals surface area contributed by atoms with Crippen LogP contribution in [-0.4, -0.2) is 31.2 Å². The number of hydrogen-bond donors (Lipinski definition) is 0. The monoisotopic (exact) mass is 340 g/mol. The van der Waals surface area contributed by atoms with E-state index < -0.39 is 0 Å². The predicted molar refractivity (Wildman–Crippen MR) is 89.0 cm³/mol. The molecule has 0 aliphatic heterocycles. The van der Waals surface area contributed by atoms with Crippen molar-refractivity contribution in [1.29, 1.82) is 0 Å². The van der Waals surface area contributed by atoms with Crippen LogP contribution in [0.25, 0.3) is 0 Å². The molecule has 1 atom stereocenters. The number of aryl methyl sites for hydroxylation is 1. The summed E-state index contributed by atoms with van der Waals surface area (Å²) in [6.07, 6.45) is 4.38. The Labute approximate surface area is 143 Å². The molecule has 0 saturated heterocycles. The Balaban J connectivity index is 1.55. The Morgan fingerprint density at radius 3 is 3.04 bits per heavy atom. The highest BCUT2D eigenvalue weighted by atomic mass is 32.2. The summed E-state index contributed by atoms with van der Waals surface area (Å²) in [5.74, 6) is 0.947. The molecule has 0 N–H and O–H groups in total. The molecule has 0 bridgehead atoms. The summed E-state index contributed by atoms with van der Waals surface area (Å²) in [6.45, 7) is 0.458. The summed E-state index contributed by atoms with van der Waals surface area (Å²) in [7, 11) is 0. The largest absolute Gasteiger partial charge is 0.467 e. The number of rotatable bonds is 4. The number of carbonyl (C=O) groups is 1. The summed E-state index contributed by atoms with van der Waals surface area (Å²) in [5, 5.41) is 12.3. The summed E-state index contributed by atoms with van der Waals surface area (Å²) < 4.78 is 7.02. The minimum Gasteiger partial charge on any atom is -0.467 e. The van der Waals surface area contributed by atoms with Crippen LogP contribution in [0, 0.1) is 0 Å². The Hall–Kier alpha value is -2.41. The molecule has 0 spiro atoms. The van der Waals surface area contributed by atoms with E-state index in [0.29, 0.717) is 11.7 Å². The fourth-order valence-corrected chi connectivity index (χ4v) is 4.01. The number of Topliss-reactive ketones (excluding diaryl/α,β-unsaturated/α-hetero) is 1. The maximum atomic E-state index is 12.9. The van der Waals surface area contributed by atoms with Crippen molar-refractivity contribution in [3.05, 3.63) is 59.5 Å². The van der Waals surface area contributed by atoms with Gasteiger partial charge in [0.15, 0.2) is 5.78 Å². The van der Waals surface area contributed by atoms with Gasteiger partial charge in [-0.2, -0.15) is 0 Å². The molecule has 6 nitrogen and oxygen atoms in total. The highest BCUT2D eigenvalue weighted by molar-refractivity contribution is 8.00. The molecule has 1 aromatic carbocycles. The fourth-order valence-electron chi connectivity index (χ4n) is 2.93. The number of furan rings is 1. The number of aromatic nitrogens is 4. The second-order valence-corrected chi connectivity index (χ2v) is 6.89. The van der Waals surface area contributed by atoms with E-state index in [4.69, 9.17) is 4.42 Å². The van der Waals surface area contributed by atoms with Gasteiger partial charge in [0.2, 0.25) is 5.16 Å². The number of benzene rings is 1. The lowest BCUT2D eigenvalue weighted by atomic mass is 10.0. The van der Waals surface area contributed by atoms with Crippen molar-refractivity contribution in [2.75, 3.05) is 0 Å². The average molecular weight is 340 g/mol. The van der Waals surface area contributed by atoms with Crippen molar-refractivity contribution >= 4 is 17.5 Å². The lowest BCUT2D eigenvalue weighted by molar-refractivity contribution is 0.0988. The zero-order valence-electron chi connectivity index (χ0n) is 13.0. The van der Waals surface area contributed by atoms with Crippen molar-refractivity contribution in [2.24, 2.45) is 0 Å². The number of thioether (sulfide) groups is 1. The van der Waals surface area contributed by atoms with Crippen LogP contribution in [-0.2, 0) is 13.0 Å². The topological polar surface area (TPSA) is 73.8 Å². The number of tetrazole rings is 1. The van der Waals surface area contributed by atoms with Crippen molar-refractivity contribution < 1.29 is 9.21 Å². The third-order valence-electron chi connectivity index (χ3n) is 4.12. The van der Waals surface area contributed by atoms with Gasteiger partial charge in [0.05, 0.1) is 11.5 Å². The second kappa shape index (κ2) is 6.60.